The highest BCUT2D eigenvalue weighted by Gasteiger charge is 2.47. The SMILES string of the molecule is CN1CCN(c2ccc(NC(=O)C3CC3c3ccccc3C(F)(F)F)cn2)CC1. The van der Waals surface area contributed by atoms with Gasteiger partial charge in [0.1, 0.15) is 5.82 Å². The molecule has 1 aliphatic heterocycles. The second kappa shape index (κ2) is 7.67. The maximum atomic E-state index is 13.2. The summed E-state index contributed by atoms with van der Waals surface area (Å²) in [5.74, 6) is -0.248. The van der Waals surface area contributed by atoms with Gasteiger partial charge in [0.15, 0.2) is 0 Å². The van der Waals surface area contributed by atoms with Gasteiger partial charge in [-0.15, -0.1) is 0 Å². The highest BCUT2D eigenvalue weighted by Crippen LogP contribution is 2.51. The maximum Gasteiger partial charge on any atom is 0.416 e. The van der Waals surface area contributed by atoms with Gasteiger partial charge in [-0.3, -0.25) is 4.79 Å². The number of likely N-dealkylation sites (N-methyl/N-ethyl adjacent to an activating group) is 1. The number of benzene rings is 1. The van der Waals surface area contributed by atoms with Crippen molar-refractivity contribution in [1.29, 1.82) is 0 Å². The van der Waals surface area contributed by atoms with Gasteiger partial charge in [-0.1, -0.05) is 18.2 Å². The van der Waals surface area contributed by atoms with E-state index in [-0.39, 0.29) is 11.5 Å². The zero-order valence-electron chi connectivity index (χ0n) is 16.1. The first-order chi connectivity index (χ1) is 13.8. The molecule has 2 fully saturated rings. The number of nitrogens with one attached hydrogen (secondary N) is 1. The molecule has 1 amide bonds. The van der Waals surface area contributed by atoms with Crippen LogP contribution in [0.2, 0.25) is 0 Å². The van der Waals surface area contributed by atoms with Gasteiger partial charge >= 0.3 is 6.18 Å². The molecule has 1 N–H and O–H groups in total. The molecular formula is C21H23F3N4O. The number of carbonyl (C=O) groups excluding carboxylic acids is 1. The molecule has 1 aliphatic carbocycles. The topological polar surface area (TPSA) is 48.5 Å². The van der Waals surface area contributed by atoms with Gasteiger partial charge in [-0.05, 0) is 43.1 Å². The number of anilines is 2. The van der Waals surface area contributed by atoms with Crippen LogP contribution in [0, 0.1) is 5.92 Å². The molecule has 1 saturated heterocycles. The van der Waals surface area contributed by atoms with Crippen molar-refractivity contribution in [3.05, 3.63) is 53.7 Å². The fourth-order valence-electron chi connectivity index (χ4n) is 3.82. The number of amides is 1. The molecule has 1 aromatic carbocycles. The summed E-state index contributed by atoms with van der Waals surface area (Å²) in [6.07, 6.45) is -2.39. The highest BCUT2D eigenvalue weighted by molar-refractivity contribution is 5.95. The lowest BCUT2D eigenvalue weighted by Gasteiger charge is -2.33. The van der Waals surface area contributed by atoms with Gasteiger partial charge in [-0.25, -0.2) is 4.98 Å². The van der Waals surface area contributed by atoms with Crippen molar-refractivity contribution < 1.29 is 18.0 Å². The first-order valence-electron chi connectivity index (χ1n) is 9.69. The summed E-state index contributed by atoms with van der Waals surface area (Å²) in [7, 11) is 2.08. The van der Waals surface area contributed by atoms with Crippen LogP contribution < -0.4 is 10.2 Å². The smallest absolute Gasteiger partial charge is 0.354 e. The van der Waals surface area contributed by atoms with E-state index in [0.717, 1.165) is 38.1 Å². The minimum absolute atomic E-state index is 0.198. The average Bonchev–Trinajstić information content (AvgIpc) is 3.50. The molecule has 29 heavy (non-hydrogen) atoms. The molecule has 2 unspecified atom stereocenters. The number of piperazine rings is 1. The molecule has 2 atom stereocenters. The molecule has 0 bridgehead atoms. The van der Waals surface area contributed by atoms with E-state index in [1.54, 1.807) is 18.3 Å². The minimum Gasteiger partial charge on any atom is -0.354 e. The van der Waals surface area contributed by atoms with Crippen LogP contribution in [0.25, 0.3) is 0 Å². The molecule has 5 nitrogen and oxygen atoms in total. The lowest BCUT2D eigenvalue weighted by atomic mass is 10.0. The standard InChI is InChI=1S/C21H23F3N4O/c1-27-8-10-28(11-9-27)19-7-6-14(13-25-19)26-20(29)17-12-16(17)15-4-2-3-5-18(15)21(22,23)24/h2-7,13,16-17H,8-12H2,1H3,(H,26,29). The van der Waals surface area contributed by atoms with E-state index in [0.29, 0.717) is 12.1 Å². The summed E-state index contributed by atoms with van der Waals surface area (Å²) in [6, 6.07) is 9.15. The first kappa shape index (κ1) is 19.7. The monoisotopic (exact) mass is 404 g/mol. The zero-order valence-corrected chi connectivity index (χ0v) is 16.1. The summed E-state index contributed by atoms with van der Waals surface area (Å²) in [5.41, 5.74) is 0.102. The molecule has 2 heterocycles. The number of nitrogens with zero attached hydrogens (tertiary/aromatic N) is 3. The summed E-state index contributed by atoms with van der Waals surface area (Å²) >= 11 is 0. The highest BCUT2D eigenvalue weighted by atomic mass is 19.4. The van der Waals surface area contributed by atoms with Crippen LogP contribution in [-0.2, 0) is 11.0 Å². The number of carbonyl (C=O) groups is 1. The second-order valence-electron chi connectivity index (χ2n) is 7.72. The number of pyridine rings is 1. The van der Waals surface area contributed by atoms with Crippen molar-refractivity contribution in [1.82, 2.24) is 9.88 Å². The van der Waals surface area contributed by atoms with Crippen LogP contribution in [0.1, 0.15) is 23.5 Å². The van der Waals surface area contributed by atoms with Crippen LogP contribution in [0.15, 0.2) is 42.6 Å². The summed E-state index contributed by atoms with van der Waals surface area (Å²) in [5, 5.41) is 2.79. The van der Waals surface area contributed by atoms with E-state index in [1.165, 1.54) is 12.1 Å². The predicted octanol–water partition coefficient (Wildman–Crippen LogP) is 3.59. The largest absolute Gasteiger partial charge is 0.416 e. The average molecular weight is 404 g/mol. The minimum atomic E-state index is -4.41. The van der Waals surface area contributed by atoms with E-state index >= 15 is 0 Å². The number of aromatic nitrogens is 1. The normalized spacial score (nSPS) is 22.4. The second-order valence-corrected chi connectivity index (χ2v) is 7.72. The van der Waals surface area contributed by atoms with Gasteiger partial charge in [-0.2, -0.15) is 13.2 Å². The van der Waals surface area contributed by atoms with Crippen molar-refractivity contribution in [3.8, 4) is 0 Å². The quantitative estimate of drug-likeness (QED) is 0.846. The van der Waals surface area contributed by atoms with Crippen molar-refractivity contribution in [2.24, 2.45) is 5.92 Å². The summed E-state index contributed by atoms with van der Waals surface area (Å²) in [4.78, 5) is 21.4. The fraction of sp³-hybridized carbons (Fsp3) is 0.429. The van der Waals surface area contributed by atoms with Gasteiger partial charge in [0.2, 0.25) is 5.91 Å². The van der Waals surface area contributed by atoms with E-state index in [1.807, 2.05) is 6.07 Å². The van der Waals surface area contributed by atoms with Crippen LogP contribution in [0.4, 0.5) is 24.7 Å². The Balaban J connectivity index is 1.38. The molecule has 0 spiro atoms. The molecule has 1 saturated carbocycles. The molecule has 154 valence electrons. The third-order valence-corrected chi connectivity index (χ3v) is 5.64. The fourth-order valence-corrected chi connectivity index (χ4v) is 3.82. The lowest BCUT2D eigenvalue weighted by Crippen LogP contribution is -2.44. The van der Waals surface area contributed by atoms with Gasteiger partial charge in [0.25, 0.3) is 0 Å². The van der Waals surface area contributed by atoms with Crippen molar-refractivity contribution >= 4 is 17.4 Å². The molecule has 4 rings (SSSR count). The summed E-state index contributed by atoms with van der Waals surface area (Å²) in [6.45, 7) is 3.75. The molecular weight excluding hydrogens is 381 g/mol. The van der Waals surface area contributed by atoms with Crippen molar-refractivity contribution in [2.45, 2.75) is 18.5 Å². The Morgan fingerprint density at radius 3 is 2.48 bits per heavy atom. The number of hydrogen-bond donors (Lipinski definition) is 1. The Kier molecular flexibility index (Phi) is 5.21. The van der Waals surface area contributed by atoms with E-state index in [4.69, 9.17) is 0 Å². The van der Waals surface area contributed by atoms with Crippen LogP contribution in [-0.4, -0.2) is 49.0 Å². The van der Waals surface area contributed by atoms with Gasteiger partial charge < -0.3 is 15.1 Å². The Morgan fingerprint density at radius 2 is 1.83 bits per heavy atom. The Labute approximate surface area is 167 Å². The zero-order chi connectivity index (χ0) is 20.6. The van der Waals surface area contributed by atoms with E-state index in [9.17, 15) is 18.0 Å². The van der Waals surface area contributed by atoms with Crippen molar-refractivity contribution in [3.63, 3.8) is 0 Å². The van der Waals surface area contributed by atoms with Gasteiger partial charge in [0, 0.05) is 32.1 Å². The van der Waals surface area contributed by atoms with Crippen molar-refractivity contribution in [2.75, 3.05) is 43.4 Å². The van der Waals surface area contributed by atoms with Crippen LogP contribution in [0.3, 0.4) is 0 Å². The van der Waals surface area contributed by atoms with E-state index < -0.39 is 23.6 Å². The number of halogens is 3. The maximum absolute atomic E-state index is 13.2. The van der Waals surface area contributed by atoms with Crippen LogP contribution >= 0.6 is 0 Å². The Morgan fingerprint density at radius 1 is 1.10 bits per heavy atom. The van der Waals surface area contributed by atoms with E-state index in [2.05, 4.69) is 27.1 Å². The third kappa shape index (κ3) is 4.37. The summed E-state index contributed by atoms with van der Waals surface area (Å²) < 4.78 is 39.6. The molecule has 0 radical (unpaired) electrons. The molecule has 8 heteroatoms. The molecule has 2 aliphatic rings. The Bertz CT molecular complexity index is 876. The van der Waals surface area contributed by atoms with Gasteiger partial charge in [0.05, 0.1) is 17.4 Å². The van der Waals surface area contributed by atoms with Crippen LogP contribution in [0.5, 0.6) is 0 Å². The number of alkyl halides is 3. The number of rotatable bonds is 4. The molecule has 1 aromatic heterocycles. The number of hydrogen-bond acceptors (Lipinski definition) is 4. The first-order valence-corrected chi connectivity index (χ1v) is 9.69. The lowest BCUT2D eigenvalue weighted by molar-refractivity contribution is -0.138. The molecule has 2 aromatic rings. The third-order valence-electron chi connectivity index (χ3n) is 5.64. The Hall–Kier alpha value is -2.61. The predicted molar refractivity (Wildman–Crippen MR) is 105 cm³/mol.